The van der Waals surface area contributed by atoms with Gasteiger partial charge in [-0.15, -0.1) is 11.3 Å². The van der Waals surface area contributed by atoms with Crippen molar-refractivity contribution in [3.63, 3.8) is 0 Å². The second kappa shape index (κ2) is 4.99. The van der Waals surface area contributed by atoms with Crippen LogP contribution >= 0.6 is 11.3 Å². The van der Waals surface area contributed by atoms with Gasteiger partial charge in [0.25, 0.3) is 0 Å². The van der Waals surface area contributed by atoms with Gasteiger partial charge in [-0.25, -0.2) is 8.42 Å². The van der Waals surface area contributed by atoms with Crippen molar-refractivity contribution >= 4 is 31.3 Å². The first-order valence-corrected chi connectivity index (χ1v) is 8.38. The summed E-state index contributed by atoms with van der Waals surface area (Å²) in [5, 5.41) is 0.749. The molecule has 1 aromatic heterocycles. The normalized spacial score (nSPS) is 12.4. The first-order valence-electron chi connectivity index (χ1n) is 5.85. The maximum atomic E-state index is 11.9. The number of hydrogen-bond donors (Lipinski definition) is 1. The van der Waals surface area contributed by atoms with Crippen LogP contribution in [0, 0.1) is 0 Å². The third kappa shape index (κ3) is 2.74. The summed E-state index contributed by atoms with van der Waals surface area (Å²) in [6.07, 6.45) is 0. The highest BCUT2D eigenvalue weighted by molar-refractivity contribution is 7.91. The molecule has 0 aliphatic heterocycles. The Morgan fingerprint density at radius 2 is 2.00 bits per heavy atom. The second-order valence-corrected chi connectivity index (χ2v) is 8.37. The lowest BCUT2D eigenvalue weighted by Crippen LogP contribution is -2.15. The Morgan fingerprint density at radius 3 is 2.61 bits per heavy atom. The van der Waals surface area contributed by atoms with E-state index in [4.69, 9.17) is 5.73 Å². The summed E-state index contributed by atoms with van der Waals surface area (Å²) < 4.78 is 24.9. The number of fused-ring (bicyclic) bond motifs is 1. The van der Waals surface area contributed by atoms with Crippen LogP contribution in [-0.4, -0.2) is 13.7 Å². The molecule has 0 bridgehead atoms. The zero-order valence-corrected chi connectivity index (χ0v) is 12.1. The fraction of sp³-hybridized carbons (Fsp3) is 0.385. The van der Waals surface area contributed by atoms with Gasteiger partial charge >= 0.3 is 0 Å². The number of thiophene rings is 1. The van der Waals surface area contributed by atoms with Crippen LogP contribution in [0.3, 0.4) is 0 Å². The van der Waals surface area contributed by atoms with Crippen molar-refractivity contribution in [3.05, 3.63) is 34.7 Å². The van der Waals surface area contributed by atoms with E-state index in [1.54, 1.807) is 25.2 Å². The average molecular weight is 283 g/mol. The molecule has 0 fully saturated rings. The molecule has 0 aliphatic rings. The Labute approximate surface area is 112 Å². The van der Waals surface area contributed by atoms with Crippen LogP contribution in [0.5, 0.6) is 0 Å². The van der Waals surface area contributed by atoms with Crippen LogP contribution < -0.4 is 5.73 Å². The molecule has 18 heavy (non-hydrogen) atoms. The van der Waals surface area contributed by atoms with Crippen molar-refractivity contribution in [2.24, 2.45) is 5.73 Å². The fourth-order valence-corrected chi connectivity index (χ4v) is 4.09. The number of rotatable bonds is 4. The average Bonchev–Trinajstić information content (AvgIpc) is 2.68. The van der Waals surface area contributed by atoms with Crippen molar-refractivity contribution < 1.29 is 8.42 Å². The molecule has 0 saturated heterocycles. The van der Waals surface area contributed by atoms with Crippen LogP contribution in [0.2, 0.25) is 0 Å². The number of benzene rings is 1. The molecule has 0 saturated carbocycles. The molecule has 3 nitrogen and oxygen atoms in total. The van der Waals surface area contributed by atoms with Gasteiger partial charge in [0.1, 0.15) is 0 Å². The van der Waals surface area contributed by atoms with E-state index in [1.807, 2.05) is 24.3 Å². The number of hydrogen-bond acceptors (Lipinski definition) is 4. The zero-order chi connectivity index (χ0) is 13.3. The van der Waals surface area contributed by atoms with Gasteiger partial charge in [-0.2, -0.15) is 0 Å². The molecule has 5 heteroatoms. The SMILES string of the molecule is CC(C)S(=O)(=O)Cc1cc2cc(CN)ccc2s1. The summed E-state index contributed by atoms with van der Waals surface area (Å²) >= 11 is 1.54. The van der Waals surface area contributed by atoms with Gasteiger partial charge in [0.2, 0.25) is 0 Å². The minimum absolute atomic E-state index is 0.127. The van der Waals surface area contributed by atoms with Gasteiger partial charge in [-0.05, 0) is 43.0 Å². The van der Waals surface area contributed by atoms with E-state index in [2.05, 4.69) is 0 Å². The smallest absolute Gasteiger partial charge is 0.157 e. The van der Waals surface area contributed by atoms with Crippen LogP contribution in [0.4, 0.5) is 0 Å². The maximum absolute atomic E-state index is 11.9. The molecule has 0 unspecified atom stereocenters. The Bertz CT molecular complexity index is 657. The molecule has 0 spiro atoms. The fourth-order valence-electron chi connectivity index (χ4n) is 1.71. The third-order valence-electron chi connectivity index (χ3n) is 2.93. The predicted molar refractivity (Wildman–Crippen MR) is 77.5 cm³/mol. The quantitative estimate of drug-likeness (QED) is 0.938. The molecule has 0 radical (unpaired) electrons. The van der Waals surface area contributed by atoms with E-state index in [0.29, 0.717) is 6.54 Å². The minimum Gasteiger partial charge on any atom is -0.326 e. The van der Waals surface area contributed by atoms with Gasteiger partial charge in [0.05, 0.1) is 11.0 Å². The highest BCUT2D eigenvalue weighted by Crippen LogP contribution is 2.28. The third-order valence-corrected chi connectivity index (χ3v) is 6.38. The van der Waals surface area contributed by atoms with Crippen LogP contribution in [0.15, 0.2) is 24.3 Å². The van der Waals surface area contributed by atoms with Gasteiger partial charge in [0, 0.05) is 16.1 Å². The van der Waals surface area contributed by atoms with Gasteiger partial charge in [-0.3, -0.25) is 0 Å². The molecular formula is C13H17NO2S2. The van der Waals surface area contributed by atoms with E-state index in [1.165, 1.54) is 0 Å². The molecule has 0 amide bonds. The number of nitrogens with two attached hydrogens (primary N) is 1. The van der Waals surface area contributed by atoms with E-state index in [-0.39, 0.29) is 11.0 Å². The topological polar surface area (TPSA) is 60.2 Å². The highest BCUT2D eigenvalue weighted by atomic mass is 32.2. The highest BCUT2D eigenvalue weighted by Gasteiger charge is 2.18. The standard InChI is InChI=1S/C13H17NO2S2/c1-9(2)18(15,16)8-12-6-11-5-10(7-14)3-4-13(11)17-12/h3-6,9H,7-8,14H2,1-2H3. The van der Waals surface area contributed by atoms with Crippen LogP contribution in [0.1, 0.15) is 24.3 Å². The van der Waals surface area contributed by atoms with Crippen LogP contribution in [0.25, 0.3) is 10.1 Å². The first kappa shape index (κ1) is 13.5. The van der Waals surface area contributed by atoms with Crippen molar-refractivity contribution in [1.82, 2.24) is 0 Å². The lowest BCUT2D eigenvalue weighted by molar-refractivity contribution is 0.587. The van der Waals surface area contributed by atoms with E-state index < -0.39 is 9.84 Å². The largest absolute Gasteiger partial charge is 0.326 e. The van der Waals surface area contributed by atoms with Crippen molar-refractivity contribution in [2.75, 3.05) is 0 Å². The van der Waals surface area contributed by atoms with Crippen LogP contribution in [-0.2, 0) is 22.1 Å². The summed E-state index contributed by atoms with van der Waals surface area (Å²) in [6, 6.07) is 7.98. The molecule has 98 valence electrons. The van der Waals surface area contributed by atoms with E-state index in [0.717, 1.165) is 20.5 Å². The van der Waals surface area contributed by atoms with Gasteiger partial charge in [-0.1, -0.05) is 6.07 Å². The molecule has 0 atom stereocenters. The summed E-state index contributed by atoms with van der Waals surface area (Å²) in [6.45, 7) is 3.94. The summed E-state index contributed by atoms with van der Waals surface area (Å²) in [5.74, 6) is 0.127. The monoisotopic (exact) mass is 283 g/mol. The predicted octanol–water partition coefficient (Wildman–Crippen LogP) is 2.68. The molecule has 2 rings (SSSR count). The molecule has 2 aromatic rings. The van der Waals surface area contributed by atoms with Gasteiger partial charge in [0.15, 0.2) is 9.84 Å². The maximum Gasteiger partial charge on any atom is 0.157 e. The van der Waals surface area contributed by atoms with E-state index >= 15 is 0 Å². The molecule has 1 heterocycles. The minimum atomic E-state index is -3.03. The lowest BCUT2D eigenvalue weighted by Gasteiger charge is -2.04. The Balaban J connectivity index is 2.36. The number of sulfone groups is 1. The molecular weight excluding hydrogens is 266 g/mol. The van der Waals surface area contributed by atoms with Crippen molar-refractivity contribution in [3.8, 4) is 0 Å². The van der Waals surface area contributed by atoms with E-state index in [9.17, 15) is 8.42 Å². The molecule has 2 N–H and O–H groups in total. The molecule has 0 aliphatic carbocycles. The Hall–Kier alpha value is -0.910. The lowest BCUT2D eigenvalue weighted by atomic mass is 10.2. The summed E-state index contributed by atoms with van der Waals surface area (Å²) in [7, 11) is -3.03. The zero-order valence-electron chi connectivity index (χ0n) is 10.5. The van der Waals surface area contributed by atoms with Crippen molar-refractivity contribution in [1.29, 1.82) is 0 Å². The summed E-state index contributed by atoms with van der Waals surface area (Å²) in [5.41, 5.74) is 6.66. The van der Waals surface area contributed by atoms with Gasteiger partial charge < -0.3 is 5.73 Å². The second-order valence-electron chi connectivity index (χ2n) is 4.64. The van der Waals surface area contributed by atoms with Crippen molar-refractivity contribution in [2.45, 2.75) is 31.4 Å². The Morgan fingerprint density at radius 1 is 1.28 bits per heavy atom. The molecule has 1 aromatic carbocycles. The Kier molecular flexibility index (Phi) is 3.75. The summed E-state index contributed by atoms with van der Waals surface area (Å²) in [4.78, 5) is 0.896. The first-order chi connectivity index (χ1) is 8.42.